The average molecular weight is 439 g/mol. The number of hydrogen-bond acceptors (Lipinski definition) is 6. The number of hydrogen-bond donors (Lipinski definition) is 1. The molecule has 3 aromatic carbocycles. The SMILES string of the molecule is CC(OC(=O)/C=C/c1cnc2ccccc2n1)C(=O)Nc1ccc(Oc2ccccc2)cc1. The number of rotatable bonds is 7. The predicted octanol–water partition coefficient (Wildman–Crippen LogP) is 5.01. The van der Waals surface area contributed by atoms with Crippen molar-refractivity contribution < 1.29 is 19.1 Å². The molecule has 7 heteroatoms. The zero-order chi connectivity index (χ0) is 23.0. The molecule has 1 N–H and O–H groups in total. The van der Waals surface area contributed by atoms with Gasteiger partial charge in [-0.1, -0.05) is 30.3 Å². The molecule has 33 heavy (non-hydrogen) atoms. The summed E-state index contributed by atoms with van der Waals surface area (Å²) in [4.78, 5) is 33.2. The van der Waals surface area contributed by atoms with E-state index in [1.807, 2.05) is 54.6 Å². The second-order valence-electron chi connectivity index (χ2n) is 7.12. The van der Waals surface area contributed by atoms with Gasteiger partial charge in [-0.05, 0) is 61.5 Å². The number of amides is 1. The molecule has 0 aliphatic carbocycles. The molecule has 1 heterocycles. The predicted molar refractivity (Wildman–Crippen MR) is 126 cm³/mol. The van der Waals surface area contributed by atoms with Crippen molar-refractivity contribution in [2.24, 2.45) is 0 Å². The summed E-state index contributed by atoms with van der Waals surface area (Å²) in [6.07, 6.45) is 3.30. The summed E-state index contributed by atoms with van der Waals surface area (Å²) >= 11 is 0. The van der Waals surface area contributed by atoms with E-state index >= 15 is 0 Å². The summed E-state index contributed by atoms with van der Waals surface area (Å²) in [6, 6.07) is 23.7. The number of esters is 1. The zero-order valence-electron chi connectivity index (χ0n) is 17.8. The lowest BCUT2D eigenvalue weighted by atomic mass is 10.2. The molecule has 0 fully saturated rings. The Hall–Kier alpha value is -4.52. The number of nitrogens with zero attached hydrogens (tertiary/aromatic N) is 2. The molecule has 0 saturated carbocycles. The number of ether oxygens (including phenoxy) is 2. The summed E-state index contributed by atoms with van der Waals surface area (Å²) in [5.41, 5.74) is 2.56. The van der Waals surface area contributed by atoms with Crippen molar-refractivity contribution in [3.63, 3.8) is 0 Å². The molecule has 1 aromatic heterocycles. The molecule has 4 rings (SSSR count). The largest absolute Gasteiger partial charge is 0.457 e. The highest BCUT2D eigenvalue weighted by atomic mass is 16.5. The molecule has 0 saturated heterocycles. The van der Waals surface area contributed by atoms with Gasteiger partial charge in [-0.3, -0.25) is 9.78 Å². The minimum Gasteiger partial charge on any atom is -0.457 e. The second kappa shape index (κ2) is 10.2. The van der Waals surface area contributed by atoms with Gasteiger partial charge in [0.1, 0.15) is 11.5 Å². The van der Waals surface area contributed by atoms with Gasteiger partial charge in [0.25, 0.3) is 5.91 Å². The van der Waals surface area contributed by atoms with Crippen LogP contribution in [0.15, 0.2) is 91.1 Å². The van der Waals surface area contributed by atoms with Gasteiger partial charge in [0, 0.05) is 11.8 Å². The van der Waals surface area contributed by atoms with Gasteiger partial charge in [-0.2, -0.15) is 0 Å². The third-order valence-electron chi connectivity index (χ3n) is 4.62. The van der Waals surface area contributed by atoms with Gasteiger partial charge in [0.2, 0.25) is 0 Å². The molecule has 0 radical (unpaired) electrons. The van der Waals surface area contributed by atoms with E-state index in [0.717, 1.165) is 16.8 Å². The molecule has 0 spiro atoms. The summed E-state index contributed by atoms with van der Waals surface area (Å²) < 4.78 is 10.9. The Labute approximate surface area is 190 Å². The van der Waals surface area contributed by atoms with Crippen molar-refractivity contribution in [3.8, 4) is 11.5 Å². The number of anilines is 1. The molecule has 1 unspecified atom stereocenters. The number of nitrogens with one attached hydrogen (secondary N) is 1. The molecule has 0 aliphatic heterocycles. The highest BCUT2D eigenvalue weighted by Gasteiger charge is 2.16. The second-order valence-corrected chi connectivity index (χ2v) is 7.12. The Bertz CT molecular complexity index is 1290. The summed E-state index contributed by atoms with van der Waals surface area (Å²) in [6.45, 7) is 1.50. The third-order valence-corrected chi connectivity index (χ3v) is 4.62. The molecule has 1 atom stereocenters. The number of carbonyl (C=O) groups excluding carboxylic acids is 2. The van der Waals surface area contributed by atoms with Gasteiger partial charge in [0.15, 0.2) is 6.10 Å². The maximum absolute atomic E-state index is 12.4. The normalized spacial score (nSPS) is 11.8. The van der Waals surface area contributed by atoms with Crippen molar-refractivity contribution in [1.29, 1.82) is 0 Å². The zero-order valence-corrected chi connectivity index (χ0v) is 17.8. The maximum atomic E-state index is 12.4. The fourth-order valence-corrected chi connectivity index (χ4v) is 2.95. The van der Waals surface area contributed by atoms with Crippen LogP contribution in [0, 0.1) is 0 Å². The van der Waals surface area contributed by atoms with Crippen molar-refractivity contribution in [2.75, 3.05) is 5.32 Å². The topological polar surface area (TPSA) is 90.4 Å². The lowest BCUT2D eigenvalue weighted by Gasteiger charge is -2.13. The van der Waals surface area contributed by atoms with Crippen LogP contribution in [0.1, 0.15) is 12.6 Å². The molecular formula is C26H21N3O4. The lowest BCUT2D eigenvalue weighted by molar-refractivity contribution is -0.148. The van der Waals surface area contributed by atoms with Crippen LogP contribution in [0.25, 0.3) is 17.1 Å². The molecule has 0 aliphatic rings. The van der Waals surface area contributed by atoms with E-state index in [9.17, 15) is 9.59 Å². The standard InChI is InChI=1S/C26H21N3O4/c1-18(32-25(30)16-13-20-17-27-23-9-5-6-10-24(23)28-20)26(31)29-19-11-14-22(15-12-19)33-21-7-3-2-4-8-21/h2-18H,1H3,(H,29,31)/b16-13+. The summed E-state index contributed by atoms with van der Waals surface area (Å²) in [5.74, 6) is 0.261. The van der Waals surface area contributed by atoms with Crippen LogP contribution in [0.2, 0.25) is 0 Å². The Balaban J connectivity index is 1.29. The average Bonchev–Trinajstić information content (AvgIpc) is 2.84. The molecule has 7 nitrogen and oxygen atoms in total. The van der Waals surface area contributed by atoms with E-state index in [2.05, 4.69) is 15.3 Å². The fourth-order valence-electron chi connectivity index (χ4n) is 2.95. The van der Waals surface area contributed by atoms with Crippen LogP contribution in [-0.4, -0.2) is 27.9 Å². The van der Waals surface area contributed by atoms with Crippen molar-refractivity contribution in [2.45, 2.75) is 13.0 Å². The maximum Gasteiger partial charge on any atom is 0.331 e. The van der Waals surface area contributed by atoms with Gasteiger partial charge in [0.05, 0.1) is 22.9 Å². The minimum atomic E-state index is -0.981. The smallest absolute Gasteiger partial charge is 0.331 e. The molecular weight excluding hydrogens is 418 g/mol. The highest BCUT2D eigenvalue weighted by Crippen LogP contribution is 2.22. The van der Waals surface area contributed by atoms with Crippen LogP contribution in [0.5, 0.6) is 11.5 Å². The number of para-hydroxylation sites is 3. The first-order valence-electron chi connectivity index (χ1n) is 10.3. The Morgan fingerprint density at radius 1 is 0.879 bits per heavy atom. The minimum absolute atomic E-state index is 0.445. The molecule has 164 valence electrons. The van der Waals surface area contributed by atoms with Crippen molar-refractivity contribution in [3.05, 3.63) is 96.8 Å². The number of fused-ring (bicyclic) bond motifs is 1. The highest BCUT2D eigenvalue weighted by molar-refractivity contribution is 5.96. The van der Waals surface area contributed by atoms with E-state index in [-0.39, 0.29) is 0 Å². The van der Waals surface area contributed by atoms with E-state index in [1.54, 1.807) is 30.5 Å². The van der Waals surface area contributed by atoms with Gasteiger partial charge < -0.3 is 14.8 Å². The van der Waals surface area contributed by atoms with E-state index in [0.29, 0.717) is 17.1 Å². The van der Waals surface area contributed by atoms with E-state index in [4.69, 9.17) is 9.47 Å². The fraction of sp³-hybridized carbons (Fsp3) is 0.0769. The van der Waals surface area contributed by atoms with Crippen LogP contribution in [0.4, 0.5) is 5.69 Å². The van der Waals surface area contributed by atoms with Crippen LogP contribution < -0.4 is 10.1 Å². The molecule has 4 aromatic rings. The van der Waals surface area contributed by atoms with Gasteiger partial charge in [-0.25, -0.2) is 9.78 Å². The Morgan fingerprint density at radius 3 is 2.30 bits per heavy atom. The first-order valence-corrected chi connectivity index (χ1v) is 10.3. The van der Waals surface area contributed by atoms with Crippen LogP contribution in [-0.2, 0) is 14.3 Å². The quantitative estimate of drug-likeness (QED) is 0.322. The first kappa shape index (κ1) is 21.7. The van der Waals surface area contributed by atoms with E-state index < -0.39 is 18.0 Å². The first-order chi connectivity index (χ1) is 16.1. The third kappa shape index (κ3) is 6.01. The Morgan fingerprint density at radius 2 is 1.55 bits per heavy atom. The van der Waals surface area contributed by atoms with Gasteiger partial charge >= 0.3 is 5.97 Å². The number of aromatic nitrogens is 2. The Kier molecular flexibility index (Phi) is 6.70. The summed E-state index contributed by atoms with van der Waals surface area (Å²) in [5, 5.41) is 2.71. The van der Waals surface area contributed by atoms with Crippen LogP contribution in [0.3, 0.4) is 0 Å². The number of carbonyl (C=O) groups is 2. The monoisotopic (exact) mass is 439 g/mol. The van der Waals surface area contributed by atoms with E-state index in [1.165, 1.54) is 19.1 Å². The molecule has 1 amide bonds. The lowest BCUT2D eigenvalue weighted by Crippen LogP contribution is -2.29. The summed E-state index contributed by atoms with van der Waals surface area (Å²) in [7, 11) is 0. The van der Waals surface area contributed by atoms with Crippen LogP contribution >= 0.6 is 0 Å². The van der Waals surface area contributed by atoms with Crippen molar-refractivity contribution >= 4 is 34.7 Å². The number of benzene rings is 3. The molecule has 0 bridgehead atoms. The van der Waals surface area contributed by atoms with Gasteiger partial charge in [-0.15, -0.1) is 0 Å². The van der Waals surface area contributed by atoms with Crippen molar-refractivity contribution in [1.82, 2.24) is 9.97 Å².